The van der Waals surface area contributed by atoms with Gasteiger partial charge in [-0.1, -0.05) is 0 Å². The summed E-state index contributed by atoms with van der Waals surface area (Å²) >= 11 is 0. The number of alkyl halides is 2. The summed E-state index contributed by atoms with van der Waals surface area (Å²) < 4.78 is 34.0. The first kappa shape index (κ1) is 10.5. The van der Waals surface area contributed by atoms with Gasteiger partial charge in [-0.3, -0.25) is 0 Å². The third-order valence-corrected chi connectivity index (χ3v) is 1.63. The van der Waals surface area contributed by atoms with Crippen LogP contribution in [0.1, 0.15) is 12.1 Å². The molecule has 0 amide bonds. The van der Waals surface area contributed by atoms with Gasteiger partial charge in [-0.2, -0.15) is 0 Å². The van der Waals surface area contributed by atoms with Crippen molar-refractivity contribution in [2.45, 2.75) is 6.43 Å². The minimum Gasteiger partial charge on any atom is -0.503 e. The van der Waals surface area contributed by atoms with Crippen LogP contribution in [0.5, 0.6) is 17.2 Å². The normalized spacial score (nSPS) is 10.4. The highest BCUT2D eigenvalue weighted by atomic mass is 19.3. The Bertz CT molecular complexity index is 331. The number of methoxy groups -OCH3 is 2. The molecule has 0 saturated heterocycles. The van der Waals surface area contributed by atoms with Crippen molar-refractivity contribution in [2.75, 3.05) is 14.2 Å². The highest BCUT2D eigenvalue weighted by Gasteiger charge is 2.21. The van der Waals surface area contributed by atoms with Crippen molar-refractivity contribution in [1.82, 2.24) is 4.98 Å². The van der Waals surface area contributed by atoms with Crippen LogP contribution in [0.15, 0.2) is 6.20 Å². The Kier molecular flexibility index (Phi) is 3.06. The van der Waals surface area contributed by atoms with E-state index in [1.165, 1.54) is 14.2 Å². The highest BCUT2D eigenvalue weighted by molar-refractivity contribution is 5.51. The molecule has 4 nitrogen and oxygen atoms in total. The average Bonchev–Trinajstić information content (AvgIpc) is 2.16. The highest BCUT2D eigenvalue weighted by Crippen LogP contribution is 2.40. The second-order valence-electron chi connectivity index (χ2n) is 2.39. The number of pyridine rings is 1. The zero-order valence-corrected chi connectivity index (χ0v) is 7.62. The molecule has 14 heavy (non-hydrogen) atoms. The molecule has 0 atom stereocenters. The van der Waals surface area contributed by atoms with Crippen LogP contribution < -0.4 is 9.47 Å². The van der Waals surface area contributed by atoms with Crippen molar-refractivity contribution in [3.8, 4) is 17.2 Å². The Balaban J connectivity index is 3.27. The van der Waals surface area contributed by atoms with E-state index >= 15 is 0 Å². The molecule has 0 aromatic carbocycles. The summed E-state index contributed by atoms with van der Waals surface area (Å²) in [5, 5.41) is 9.32. The number of aromatic nitrogens is 1. The number of aromatic hydroxyl groups is 1. The van der Waals surface area contributed by atoms with Gasteiger partial charge >= 0.3 is 0 Å². The number of halogens is 2. The topological polar surface area (TPSA) is 51.6 Å². The molecule has 1 aromatic heterocycles. The second-order valence-corrected chi connectivity index (χ2v) is 2.39. The van der Waals surface area contributed by atoms with Gasteiger partial charge in [0.15, 0.2) is 17.2 Å². The summed E-state index contributed by atoms with van der Waals surface area (Å²) in [6, 6.07) is 0. The fraction of sp³-hybridized carbons (Fsp3) is 0.375. The Morgan fingerprint density at radius 3 is 2.43 bits per heavy atom. The van der Waals surface area contributed by atoms with Crippen LogP contribution in [0.2, 0.25) is 0 Å². The Hall–Kier alpha value is -1.59. The summed E-state index contributed by atoms with van der Waals surface area (Å²) in [4.78, 5) is 3.35. The molecule has 1 aromatic rings. The third kappa shape index (κ3) is 1.68. The van der Waals surface area contributed by atoms with Crippen LogP contribution in [0.25, 0.3) is 0 Å². The minimum absolute atomic E-state index is 0.106. The molecule has 0 unspecified atom stereocenters. The maximum Gasteiger partial charge on any atom is 0.284 e. The quantitative estimate of drug-likeness (QED) is 0.816. The standard InChI is InChI=1S/C8H9F2NO3/c1-13-4-3-11-5(8(9)10)6(12)7(4)14-2/h3,8,12H,1-2H3. The monoisotopic (exact) mass is 205 g/mol. The maximum absolute atomic E-state index is 12.3. The lowest BCUT2D eigenvalue weighted by molar-refractivity contribution is 0.140. The van der Waals surface area contributed by atoms with Gasteiger partial charge in [0.2, 0.25) is 5.75 Å². The fourth-order valence-corrected chi connectivity index (χ4v) is 0.983. The minimum atomic E-state index is -2.85. The van der Waals surface area contributed by atoms with Gasteiger partial charge in [0.05, 0.1) is 20.4 Å². The smallest absolute Gasteiger partial charge is 0.284 e. The van der Waals surface area contributed by atoms with Crippen molar-refractivity contribution in [3.63, 3.8) is 0 Å². The van der Waals surface area contributed by atoms with Crippen molar-refractivity contribution in [2.24, 2.45) is 0 Å². The van der Waals surface area contributed by atoms with Crippen LogP contribution in [-0.4, -0.2) is 24.3 Å². The van der Waals surface area contributed by atoms with Crippen LogP contribution in [-0.2, 0) is 0 Å². The van der Waals surface area contributed by atoms with E-state index in [2.05, 4.69) is 4.98 Å². The number of nitrogens with zero attached hydrogens (tertiary/aromatic N) is 1. The zero-order valence-electron chi connectivity index (χ0n) is 7.62. The SMILES string of the molecule is COc1cnc(C(F)F)c(O)c1OC. The van der Waals surface area contributed by atoms with Crippen molar-refractivity contribution in [3.05, 3.63) is 11.9 Å². The van der Waals surface area contributed by atoms with Gasteiger partial charge in [0.25, 0.3) is 6.43 Å². The number of ether oxygens (including phenoxy) is 2. The van der Waals surface area contributed by atoms with Gasteiger partial charge in [-0.25, -0.2) is 13.8 Å². The molecule has 0 aliphatic heterocycles. The number of hydrogen-bond donors (Lipinski definition) is 1. The van der Waals surface area contributed by atoms with Gasteiger partial charge < -0.3 is 14.6 Å². The van der Waals surface area contributed by atoms with Gasteiger partial charge in [-0.15, -0.1) is 0 Å². The van der Waals surface area contributed by atoms with Gasteiger partial charge in [0, 0.05) is 0 Å². The molecule has 0 aliphatic carbocycles. The van der Waals surface area contributed by atoms with E-state index < -0.39 is 17.9 Å². The third-order valence-electron chi connectivity index (χ3n) is 1.63. The van der Waals surface area contributed by atoms with E-state index in [1.54, 1.807) is 0 Å². The molecular formula is C8H9F2NO3. The molecule has 6 heteroatoms. The summed E-state index contributed by atoms with van der Waals surface area (Å²) in [6.45, 7) is 0. The molecule has 0 aliphatic rings. The number of hydrogen-bond acceptors (Lipinski definition) is 4. The first-order valence-electron chi connectivity index (χ1n) is 3.69. The average molecular weight is 205 g/mol. The first-order chi connectivity index (χ1) is 6.61. The molecule has 1 N–H and O–H groups in total. The fourth-order valence-electron chi connectivity index (χ4n) is 0.983. The van der Waals surface area contributed by atoms with Crippen LogP contribution in [0.4, 0.5) is 8.78 Å². The van der Waals surface area contributed by atoms with E-state index in [4.69, 9.17) is 9.47 Å². The predicted molar refractivity (Wildman–Crippen MR) is 44.0 cm³/mol. The first-order valence-corrected chi connectivity index (χ1v) is 3.69. The lowest BCUT2D eigenvalue weighted by Gasteiger charge is -2.10. The van der Waals surface area contributed by atoms with E-state index in [1.807, 2.05) is 0 Å². The summed E-state index contributed by atoms with van der Waals surface area (Å²) in [7, 11) is 2.56. The van der Waals surface area contributed by atoms with Gasteiger partial charge in [-0.05, 0) is 0 Å². The lowest BCUT2D eigenvalue weighted by Crippen LogP contribution is -1.97. The zero-order chi connectivity index (χ0) is 10.7. The van der Waals surface area contributed by atoms with E-state index in [9.17, 15) is 13.9 Å². The molecule has 78 valence electrons. The second kappa shape index (κ2) is 4.08. The van der Waals surface area contributed by atoms with E-state index in [0.29, 0.717) is 0 Å². The summed E-state index contributed by atoms with van der Waals surface area (Å²) in [6.07, 6.45) is -1.78. The molecule has 0 fully saturated rings. The molecular weight excluding hydrogens is 196 g/mol. The molecule has 0 saturated carbocycles. The van der Waals surface area contributed by atoms with E-state index in [-0.39, 0.29) is 11.5 Å². The molecule has 1 heterocycles. The van der Waals surface area contributed by atoms with Crippen LogP contribution in [0.3, 0.4) is 0 Å². The van der Waals surface area contributed by atoms with Crippen molar-refractivity contribution < 1.29 is 23.4 Å². The van der Waals surface area contributed by atoms with Crippen molar-refractivity contribution in [1.29, 1.82) is 0 Å². The van der Waals surface area contributed by atoms with E-state index in [0.717, 1.165) is 6.20 Å². The summed E-state index contributed by atoms with van der Waals surface area (Å²) in [5.41, 5.74) is -0.720. The molecule has 1 rings (SSSR count). The molecule has 0 bridgehead atoms. The molecule has 0 spiro atoms. The molecule has 0 radical (unpaired) electrons. The Morgan fingerprint density at radius 1 is 1.36 bits per heavy atom. The largest absolute Gasteiger partial charge is 0.503 e. The van der Waals surface area contributed by atoms with Gasteiger partial charge in [0.1, 0.15) is 0 Å². The van der Waals surface area contributed by atoms with Crippen LogP contribution in [0, 0.1) is 0 Å². The Morgan fingerprint density at radius 2 is 2.00 bits per heavy atom. The Labute approximate surface area is 79.1 Å². The van der Waals surface area contributed by atoms with Crippen LogP contribution >= 0.6 is 0 Å². The van der Waals surface area contributed by atoms with Crippen molar-refractivity contribution >= 4 is 0 Å². The number of rotatable bonds is 3. The summed E-state index contributed by atoms with van der Waals surface area (Å²) in [5.74, 6) is -0.728. The predicted octanol–water partition coefficient (Wildman–Crippen LogP) is 1.74. The lowest BCUT2D eigenvalue weighted by atomic mass is 10.3. The maximum atomic E-state index is 12.3.